The fourth-order valence-electron chi connectivity index (χ4n) is 2.83. The van der Waals surface area contributed by atoms with Crippen molar-refractivity contribution in [1.82, 2.24) is 0 Å². The van der Waals surface area contributed by atoms with Crippen molar-refractivity contribution in [2.75, 3.05) is 16.0 Å². The number of nitrogens with two attached hydrogens (primary N) is 1. The van der Waals surface area contributed by atoms with Crippen LogP contribution < -0.4 is 15.4 Å². The van der Waals surface area contributed by atoms with Crippen LogP contribution >= 0.6 is 11.8 Å². The molecule has 3 amide bonds. The third kappa shape index (κ3) is 5.25. The van der Waals surface area contributed by atoms with E-state index in [0.717, 1.165) is 16.7 Å². The molecule has 1 saturated heterocycles. The molecule has 11 nitrogen and oxygen atoms in total. The van der Waals surface area contributed by atoms with E-state index in [-0.39, 0.29) is 28.4 Å². The molecule has 2 aromatic rings. The highest BCUT2D eigenvalue weighted by Gasteiger charge is 2.40. The summed E-state index contributed by atoms with van der Waals surface area (Å²) < 4.78 is 22.5. The van der Waals surface area contributed by atoms with Crippen molar-refractivity contribution in [3.63, 3.8) is 0 Å². The molecular formula is C18H16N4O7S2. The molecule has 0 bridgehead atoms. The zero-order valence-corrected chi connectivity index (χ0v) is 17.4. The topological polar surface area (TPSA) is 170 Å². The molecule has 0 aromatic heterocycles. The van der Waals surface area contributed by atoms with Crippen LogP contribution in [0.1, 0.15) is 6.42 Å². The Labute approximate surface area is 180 Å². The Morgan fingerprint density at radius 3 is 2.32 bits per heavy atom. The van der Waals surface area contributed by atoms with Gasteiger partial charge in [0, 0.05) is 24.2 Å². The fourth-order valence-corrected chi connectivity index (χ4v) is 4.28. The van der Waals surface area contributed by atoms with Crippen LogP contribution in [0.15, 0.2) is 53.4 Å². The number of nitro benzene ring substituents is 1. The van der Waals surface area contributed by atoms with Crippen LogP contribution in [-0.2, 0) is 24.4 Å². The van der Waals surface area contributed by atoms with Gasteiger partial charge in [0.05, 0.1) is 26.5 Å². The molecule has 0 radical (unpaired) electrons. The van der Waals surface area contributed by atoms with Gasteiger partial charge in [0.1, 0.15) is 0 Å². The van der Waals surface area contributed by atoms with Crippen molar-refractivity contribution in [2.24, 2.45) is 5.14 Å². The number of nitrogens with one attached hydrogen (secondary N) is 1. The molecule has 31 heavy (non-hydrogen) atoms. The second-order valence-corrected chi connectivity index (χ2v) is 9.21. The lowest BCUT2D eigenvalue weighted by molar-refractivity contribution is -0.384. The average molecular weight is 464 g/mol. The van der Waals surface area contributed by atoms with E-state index in [1.54, 1.807) is 0 Å². The van der Waals surface area contributed by atoms with E-state index in [1.807, 2.05) is 0 Å². The Morgan fingerprint density at radius 1 is 1.16 bits per heavy atom. The molecule has 1 atom stereocenters. The number of anilines is 2. The predicted octanol–water partition coefficient (Wildman–Crippen LogP) is 1.25. The van der Waals surface area contributed by atoms with Crippen molar-refractivity contribution in [2.45, 2.75) is 16.6 Å². The smallest absolute Gasteiger partial charge is 0.269 e. The summed E-state index contributed by atoms with van der Waals surface area (Å²) in [6.45, 7) is 0. The molecule has 162 valence electrons. The number of non-ortho nitro benzene ring substituents is 1. The molecule has 0 saturated carbocycles. The van der Waals surface area contributed by atoms with Gasteiger partial charge in [0.2, 0.25) is 27.7 Å². The maximum Gasteiger partial charge on any atom is 0.269 e. The summed E-state index contributed by atoms with van der Waals surface area (Å²) >= 11 is 0.989. The third-order valence-electron chi connectivity index (χ3n) is 4.31. The number of primary sulfonamides is 1. The number of carbonyl (C=O) groups excluding carboxylic acids is 3. The number of hydrogen-bond donors (Lipinski definition) is 2. The number of benzene rings is 2. The molecule has 13 heteroatoms. The molecular weight excluding hydrogens is 448 g/mol. The normalized spacial score (nSPS) is 16.4. The van der Waals surface area contributed by atoms with Crippen molar-refractivity contribution in [1.29, 1.82) is 0 Å². The Kier molecular flexibility index (Phi) is 6.38. The molecule has 2 aromatic carbocycles. The van der Waals surface area contributed by atoms with Crippen LogP contribution in [0.5, 0.6) is 0 Å². The first kappa shape index (κ1) is 22.4. The molecule has 1 heterocycles. The quantitative estimate of drug-likeness (QED) is 0.350. The molecule has 1 fully saturated rings. The lowest BCUT2D eigenvalue weighted by atomic mass is 10.2. The largest absolute Gasteiger partial charge is 0.325 e. The number of nitro groups is 1. The minimum atomic E-state index is -3.84. The van der Waals surface area contributed by atoms with Gasteiger partial charge in [-0.15, -0.1) is 11.8 Å². The molecule has 1 aliphatic heterocycles. The van der Waals surface area contributed by atoms with Gasteiger partial charge < -0.3 is 5.32 Å². The van der Waals surface area contributed by atoms with Crippen molar-refractivity contribution >= 4 is 56.6 Å². The van der Waals surface area contributed by atoms with E-state index >= 15 is 0 Å². The number of carbonyl (C=O) groups is 3. The summed E-state index contributed by atoms with van der Waals surface area (Å²) in [6, 6.07) is 10.3. The van der Waals surface area contributed by atoms with Gasteiger partial charge in [-0.3, -0.25) is 24.5 Å². The summed E-state index contributed by atoms with van der Waals surface area (Å²) in [5.74, 6) is -1.53. The van der Waals surface area contributed by atoms with E-state index in [4.69, 9.17) is 5.14 Å². The number of thioether (sulfide) groups is 1. The second kappa shape index (κ2) is 8.83. The highest BCUT2D eigenvalue weighted by Crippen LogP contribution is 2.30. The summed E-state index contributed by atoms with van der Waals surface area (Å²) in [7, 11) is -3.84. The van der Waals surface area contributed by atoms with Crippen molar-refractivity contribution in [3.05, 3.63) is 58.6 Å². The number of rotatable bonds is 7. The van der Waals surface area contributed by atoms with Gasteiger partial charge in [-0.1, -0.05) is 0 Å². The third-order valence-corrected chi connectivity index (χ3v) is 6.43. The van der Waals surface area contributed by atoms with E-state index < -0.39 is 37.9 Å². The minimum Gasteiger partial charge on any atom is -0.325 e. The average Bonchev–Trinajstić information content (AvgIpc) is 2.99. The van der Waals surface area contributed by atoms with Gasteiger partial charge in [-0.05, 0) is 36.4 Å². The predicted molar refractivity (Wildman–Crippen MR) is 113 cm³/mol. The number of imide groups is 1. The van der Waals surface area contributed by atoms with Crippen LogP contribution in [0.4, 0.5) is 17.1 Å². The van der Waals surface area contributed by atoms with Crippen molar-refractivity contribution < 1.29 is 27.7 Å². The minimum absolute atomic E-state index is 0.0960. The van der Waals surface area contributed by atoms with Crippen LogP contribution in [-0.4, -0.2) is 42.1 Å². The Balaban J connectivity index is 1.58. The van der Waals surface area contributed by atoms with E-state index in [0.29, 0.717) is 5.69 Å². The standard InChI is InChI=1S/C18H16N4O7S2/c19-31(28,29)14-7-1-11(2-8-14)20-16(23)10-30-15-9-17(24)21(18(15)25)12-3-5-13(6-4-12)22(26)27/h1-8,15H,9-10H2,(H,20,23)(H2,19,28,29). The highest BCUT2D eigenvalue weighted by atomic mass is 32.2. The maximum absolute atomic E-state index is 12.6. The first-order valence-corrected chi connectivity index (χ1v) is 11.3. The first-order valence-electron chi connectivity index (χ1n) is 8.72. The maximum atomic E-state index is 12.6. The summed E-state index contributed by atoms with van der Waals surface area (Å²) in [4.78, 5) is 48.0. The summed E-state index contributed by atoms with van der Waals surface area (Å²) in [6.07, 6.45) is -0.100. The zero-order valence-electron chi connectivity index (χ0n) is 15.8. The SMILES string of the molecule is NS(=O)(=O)c1ccc(NC(=O)CSC2CC(=O)N(c3ccc([N+](=O)[O-])cc3)C2=O)cc1. The zero-order chi connectivity index (χ0) is 22.8. The monoisotopic (exact) mass is 464 g/mol. The lowest BCUT2D eigenvalue weighted by Crippen LogP contribution is -2.31. The fraction of sp³-hybridized carbons (Fsp3) is 0.167. The molecule has 0 aliphatic carbocycles. The summed E-state index contributed by atoms with van der Waals surface area (Å²) in [5, 5.41) is 17.5. The number of sulfonamides is 1. The van der Waals surface area contributed by atoms with Crippen LogP contribution in [0.25, 0.3) is 0 Å². The Hall–Kier alpha value is -3.29. The highest BCUT2D eigenvalue weighted by molar-refractivity contribution is 8.01. The molecule has 0 spiro atoms. The Bertz CT molecular complexity index is 1150. The van der Waals surface area contributed by atoms with E-state index in [1.165, 1.54) is 48.5 Å². The van der Waals surface area contributed by atoms with Gasteiger partial charge in [-0.2, -0.15) is 0 Å². The van der Waals surface area contributed by atoms with E-state index in [2.05, 4.69) is 5.32 Å². The molecule has 3 N–H and O–H groups in total. The van der Waals surface area contributed by atoms with E-state index in [9.17, 15) is 32.9 Å². The van der Waals surface area contributed by atoms with Crippen LogP contribution in [0.2, 0.25) is 0 Å². The first-order chi connectivity index (χ1) is 14.6. The number of nitrogens with zero attached hydrogens (tertiary/aromatic N) is 2. The van der Waals surface area contributed by atoms with Gasteiger partial charge in [0.15, 0.2) is 0 Å². The molecule has 1 aliphatic rings. The van der Waals surface area contributed by atoms with Crippen LogP contribution in [0.3, 0.4) is 0 Å². The molecule has 1 unspecified atom stereocenters. The van der Waals surface area contributed by atoms with Crippen LogP contribution in [0, 0.1) is 10.1 Å². The van der Waals surface area contributed by atoms with Gasteiger partial charge in [0.25, 0.3) is 5.69 Å². The lowest BCUT2D eigenvalue weighted by Gasteiger charge is -2.14. The van der Waals surface area contributed by atoms with Gasteiger partial charge >= 0.3 is 0 Å². The second-order valence-electron chi connectivity index (χ2n) is 6.46. The molecule has 3 rings (SSSR count). The van der Waals surface area contributed by atoms with Crippen molar-refractivity contribution in [3.8, 4) is 0 Å². The number of amides is 3. The number of hydrogen-bond acceptors (Lipinski definition) is 8. The Morgan fingerprint density at radius 2 is 1.77 bits per heavy atom. The van der Waals surface area contributed by atoms with Gasteiger partial charge in [-0.25, -0.2) is 18.5 Å². The summed E-state index contributed by atoms with van der Waals surface area (Å²) in [5.41, 5.74) is 0.407.